The van der Waals surface area contributed by atoms with E-state index in [1.165, 1.54) is 25.3 Å². The highest BCUT2D eigenvalue weighted by Gasteiger charge is 2.26. The van der Waals surface area contributed by atoms with Crippen LogP contribution < -0.4 is 15.5 Å². The van der Waals surface area contributed by atoms with Gasteiger partial charge in [0.2, 0.25) is 5.91 Å². The summed E-state index contributed by atoms with van der Waals surface area (Å²) in [6, 6.07) is 3.56. The molecule has 1 atom stereocenters. The molecule has 1 aromatic rings. The lowest BCUT2D eigenvalue weighted by Gasteiger charge is -2.27. The Balaban J connectivity index is 0.00000300. The highest BCUT2D eigenvalue weighted by molar-refractivity contribution is 14.0. The zero-order valence-electron chi connectivity index (χ0n) is 17.2. The van der Waals surface area contributed by atoms with Crippen molar-refractivity contribution in [1.29, 1.82) is 0 Å². The van der Waals surface area contributed by atoms with Crippen molar-refractivity contribution in [2.75, 3.05) is 38.6 Å². The van der Waals surface area contributed by atoms with Crippen LogP contribution in [-0.2, 0) is 4.79 Å². The van der Waals surface area contributed by atoms with E-state index in [9.17, 15) is 9.18 Å². The van der Waals surface area contributed by atoms with Crippen LogP contribution in [0.5, 0.6) is 0 Å². The van der Waals surface area contributed by atoms with Crippen molar-refractivity contribution in [1.82, 2.24) is 20.5 Å². The Bertz CT molecular complexity index is 695. The Kier molecular flexibility index (Phi) is 9.38. The molecule has 0 aromatic carbocycles. The van der Waals surface area contributed by atoms with Crippen LogP contribution in [0.15, 0.2) is 23.3 Å². The van der Waals surface area contributed by atoms with Crippen molar-refractivity contribution in [3.8, 4) is 0 Å². The quantitative estimate of drug-likeness (QED) is 0.356. The minimum Gasteiger partial charge on any atom is -0.354 e. The van der Waals surface area contributed by atoms with Gasteiger partial charge in [-0.05, 0) is 31.4 Å². The Hall–Kier alpha value is -1.65. The summed E-state index contributed by atoms with van der Waals surface area (Å²) in [5.74, 6) is 0.742. The number of hydrogen-bond acceptors (Lipinski definition) is 4. The molecule has 0 spiro atoms. The van der Waals surface area contributed by atoms with Crippen molar-refractivity contribution in [2.24, 2.45) is 4.99 Å². The Labute approximate surface area is 189 Å². The normalized spacial score (nSPS) is 20.2. The van der Waals surface area contributed by atoms with Gasteiger partial charge in [-0.1, -0.05) is 19.3 Å². The van der Waals surface area contributed by atoms with Gasteiger partial charge in [-0.25, -0.2) is 14.4 Å². The van der Waals surface area contributed by atoms with E-state index >= 15 is 0 Å². The molecule has 1 aromatic heterocycles. The number of carbonyl (C=O) groups excluding carboxylic acids is 1. The van der Waals surface area contributed by atoms with E-state index in [4.69, 9.17) is 0 Å². The van der Waals surface area contributed by atoms with Gasteiger partial charge in [0, 0.05) is 45.5 Å². The lowest BCUT2D eigenvalue weighted by atomic mass is 9.96. The summed E-state index contributed by atoms with van der Waals surface area (Å²) in [5, 5.41) is 6.96. The number of aromatic nitrogens is 1. The van der Waals surface area contributed by atoms with Crippen LogP contribution in [0, 0.1) is 5.82 Å². The molecule has 9 heteroatoms. The average Bonchev–Trinajstić information content (AvgIpc) is 3.15. The SMILES string of the molecule is CN(C)C(=O)CN=C(NC1CCCCC1)NC1CCN(c2ncccc2F)C1.I. The van der Waals surface area contributed by atoms with Gasteiger partial charge in [-0.3, -0.25) is 4.79 Å². The first kappa shape index (κ1) is 23.6. The summed E-state index contributed by atoms with van der Waals surface area (Å²) in [6.07, 6.45) is 8.45. The molecule has 1 aliphatic carbocycles. The molecular weight excluding hydrogens is 486 g/mol. The number of rotatable bonds is 5. The molecule has 1 unspecified atom stereocenters. The molecule has 1 aliphatic heterocycles. The summed E-state index contributed by atoms with van der Waals surface area (Å²) >= 11 is 0. The third-order valence-electron chi connectivity index (χ3n) is 5.38. The van der Waals surface area contributed by atoms with Crippen LogP contribution in [-0.4, -0.2) is 67.6 Å². The second kappa shape index (κ2) is 11.5. The predicted molar refractivity (Wildman–Crippen MR) is 124 cm³/mol. The van der Waals surface area contributed by atoms with Gasteiger partial charge in [0.1, 0.15) is 6.54 Å². The molecule has 1 saturated heterocycles. The number of nitrogens with one attached hydrogen (secondary N) is 2. The highest BCUT2D eigenvalue weighted by atomic mass is 127. The fourth-order valence-electron chi connectivity index (χ4n) is 3.74. The van der Waals surface area contributed by atoms with E-state index in [0.717, 1.165) is 25.8 Å². The molecular formula is C20H32FIN6O. The maximum Gasteiger partial charge on any atom is 0.243 e. The maximum atomic E-state index is 14.0. The average molecular weight is 518 g/mol. The lowest BCUT2D eigenvalue weighted by molar-refractivity contribution is -0.127. The molecule has 1 amide bonds. The van der Waals surface area contributed by atoms with Crippen LogP contribution in [0.4, 0.5) is 10.2 Å². The van der Waals surface area contributed by atoms with Crippen molar-refractivity contribution >= 4 is 41.7 Å². The second-order valence-electron chi connectivity index (χ2n) is 7.82. The third kappa shape index (κ3) is 6.97. The van der Waals surface area contributed by atoms with Gasteiger partial charge in [0.25, 0.3) is 0 Å². The zero-order valence-corrected chi connectivity index (χ0v) is 19.6. The number of amides is 1. The van der Waals surface area contributed by atoms with Gasteiger partial charge >= 0.3 is 0 Å². The summed E-state index contributed by atoms with van der Waals surface area (Å²) in [7, 11) is 3.46. The highest BCUT2D eigenvalue weighted by Crippen LogP contribution is 2.21. The van der Waals surface area contributed by atoms with Crippen LogP contribution in [0.25, 0.3) is 0 Å². The Morgan fingerprint density at radius 2 is 1.97 bits per heavy atom. The van der Waals surface area contributed by atoms with Crippen molar-refractivity contribution < 1.29 is 9.18 Å². The van der Waals surface area contributed by atoms with E-state index < -0.39 is 0 Å². The molecule has 2 heterocycles. The number of nitrogens with zero attached hydrogens (tertiary/aromatic N) is 4. The topological polar surface area (TPSA) is 72.9 Å². The van der Waals surface area contributed by atoms with Gasteiger partial charge in [-0.2, -0.15) is 0 Å². The van der Waals surface area contributed by atoms with Gasteiger partial charge in [-0.15, -0.1) is 24.0 Å². The largest absolute Gasteiger partial charge is 0.354 e. The van der Waals surface area contributed by atoms with E-state index in [1.54, 1.807) is 31.3 Å². The molecule has 2 fully saturated rings. The van der Waals surface area contributed by atoms with Gasteiger partial charge in [0.05, 0.1) is 0 Å². The van der Waals surface area contributed by atoms with Crippen LogP contribution in [0.1, 0.15) is 38.5 Å². The summed E-state index contributed by atoms with van der Waals surface area (Å²) in [5.41, 5.74) is 0. The van der Waals surface area contributed by atoms with Gasteiger partial charge < -0.3 is 20.4 Å². The van der Waals surface area contributed by atoms with Crippen molar-refractivity contribution in [2.45, 2.75) is 50.6 Å². The first-order chi connectivity index (χ1) is 13.5. The summed E-state index contributed by atoms with van der Waals surface area (Å²) in [4.78, 5) is 24.1. The second-order valence-corrected chi connectivity index (χ2v) is 7.82. The molecule has 162 valence electrons. The number of carbonyl (C=O) groups is 1. The molecule has 3 rings (SSSR count). The van der Waals surface area contributed by atoms with Crippen molar-refractivity contribution in [3.05, 3.63) is 24.1 Å². The molecule has 2 N–H and O–H groups in total. The predicted octanol–water partition coefficient (Wildman–Crippen LogP) is 2.37. The smallest absolute Gasteiger partial charge is 0.243 e. The summed E-state index contributed by atoms with van der Waals surface area (Å²) < 4.78 is 14.0. The Morgan fingerprint density at radius 3 is 2.66 bits per heavy atom. The van der Waals surface area contributed by atoms with Crippen molar-refractivity contribution in [3.63, 3.8) is 0 Å². The molecule has 7 nitrogen and oxygen atoms in total. The number of guanidine groups is 1. The van der Waals surface area contributed by atoms with Crippen LogP contribution in [0.2, 0.25) is 0 Å². The number of anilines is 1. The lowest BCUT2D eigenvalue weighted by Crippen LogP contribution is -2.49. The first-order valence-electron chi connectivity index (χ1n) is 10.2. The fraction of sp³-hybridized carbons (Fsp3) is 0.650. The first-order valence-corrected chi connectivity index (χ1v) is 10.2. The Morgan fingerprint density at radius 1 is 1.24 bits per heavy atom. The van der Waals surface area contributed by atoms with Crippen LogP contribution in [0.3, 0.4) is 0 Å². The number of pyridine rings is 1. The minimum absolute atomic E-state index is 0. The van der Waals surface area contributed by atoms with E-state index in [0.29, 0.717) is 24.4 Å². The zero-order chi connectivity index (χ0) is 19.9. The number of aliphatic imine (C=N–C) groups is 1. The standard InChI is InChI=1S/C20H31FN6O.HI/c1-26(2)18(28)13-23-20(24-15-7-4-3-5-8-15)25-16-10-12-27(14-16)19-17(21)9-6-11-22-19;/h6,9,11,15-16H,3-5,7-8,10,12-14H2,1-2H3,(H2,23,24,25);1H. The van der Waals surface area contributed by atoms with Crippen LogP contribution >= 0.6 is 24.0 Å². The molecule has 0 bridgehead atoms. The maximum absolute atomic E-state index is 14.0. The van der Waals surface area contributed by atoms with E-state index in [2.05, 4.69) is 20.6 Å². The number of likely N-dealkylation sites (N-methyl/N-ethyl adjacent to an activating group) is 1. The number of hydrogen-bond donors (Lipinski definition) is 2. The summed E-state index contributed by atoms with van der Waals surface area (Å²) in [6.45, 7) is 1.50. The molecule has 2 aliphatic rings. The number of halogens is 2. The fourth-order valence-corrected chi connectivity index (χ4v) is 3.74. The van der Waals surface area contributed by atoms with E-state index in [1.807, 2.05) is 4.90 Å². The molecule has 0 radical (unpaired) electrons. The molecule has 1 saturated carbocycles. The third-order valence-corrected chi connectivity index (χ3v) is 5.38. The molecule has 29 heavy (non-hydrogen) atoms. The monoisotopic (exact) mass is 518 g/mol. The minimum atomic E-state index is -0.297. The van der Waals surface area contributed by atoms with Gasteiger partial charge in [0.15, 0.2) is 17.6 Å². The van der Waals surface area contributed by atoms with E-state index in [-0.39, 0.29) is 48.3 Å².